The fourth-order valence-corrected chi connectivity index (χ4v) is 1.05. The Morgan fingerprint density at radius 2 is 2.23 bits per heavy atom. The van der Waals surface area contributed by atoms with E-state index in [2.05, 4.69) is 19.9 Å². The number of aromatic amines is 2. The molecule has 2 rings (SSSR count). The summed E-state index contributed by atoms with van der Waals surface area (Å²) in [6.07, 6.45) is 4.32. The van der Waals surface area contributed by atoms with E-state index in [1.54, 1.807) is 0 Å². The smallest absolute Gasteiger partial charge is 0.354 e. The molecule has 0 aliphatic rings. The van der Waals surface area contributed by atoms with E-state index in [-0.39, 0.29) is 5.69 Å². The van der Waals surface area contributed by atoms with Crippen LogP contribution in [0.1, 0.15) is 10.5 Å². The molecular weight excluding hydrogens is 172 g/mol. The molecule has 0 saturated carbocycles. The van der Waals surface area contributed by atoms with Crippen LogP contribution in [-0.2, 0) is 0 Å². The molecule has 2 heterocycles. The fraction of sp³-hybridized carbons (Fsp3) is 0. The van der Waals surface area contributed by atoms with Gasteiger partial charge in [-0.1, -0.05) is 0 Å². The summed E-state index contributed by atoms with van der Waals surface area (Å²) in [5, 5.41) is 8.75. The molecule has 0 aromatic carbocycles. The van der Waals surface area contributed by atoms with Crippen LogP contribution in [0.3, 0.4) is 0 Å². The van der Waals surface area contributed by atoms with Gasteiger partial charge in [0, 0.05) is 0 Å². The molecule has 0 spiro atoms. The quantitative estimate of drug-likeness (QED) is 0.623. The molecule has 0 aliphatic heterocycles. The number of nitrogens with one attached hydrogen (secondary N) is 2. The Morgan fingerprint density at radius 3 is 2.85 bits per heavy atom. The molecule has 3 N–H and O–H groups in total. The SMILES string of the molecule is O=C(O)c1[nH]cnc1-c1cnc[nH]1. The number of hydrogen-bond donors (Lipinski definition) is 3. The van der Waals surface area contributed by atoms with Crippen molar-refractivity contribution in [2.75, 3.05) is 0 Å². The number of imidazole rings is 2. The Hall–Kier alpha value is -2.11. The summed E-state index contributed by atoms with van der Waals surface area (Å²) in [6, 6.07) is 0. The molecule has 6 heteroatoms. The average Bonchev–Trinajstić information content (AvgIpc) is 2.74. The van der Waals surface area contributed by atoms with Crippen molar-refractivity contribution in [3.8, 4) is 11.4 Å². The standard InChI is InChI=1S/C7H6N4O2/c12-7(13)6-5(10-3-11-6)4-1-8-2-9-4/h1-3H,(H,8,9)(H,10,11)(H,12,13). The minimum absolute atomic E-state index is 0.0595. The van der Waals surface area contributed by atoms with Crippen LogP contribution in [0.5, 0.6) is 0 Å². The molecule has 0 radical (unpaired) electrons. The lowest BCUT2D eigenvalue weighted by atomic mass is 10.2. The second kappa shape index (κ2) is 2.74. The van der Waals surface area contributed by atoms with Crippen molar-refractivity contribution in [3.05, 3.63) is 24.5 Å². The predicted molar refractivity (Wildman–Crippen MR) is 43.1 cm³/mol. The first-order valence-electron chi connectivity index (χ1n) is 3.54. The number of hydrogen-bond acceptors (Lipinski definition) is 3. The number of carbonyl (C=O) groups is 1. The highest BCUT2D eigenvalue weighted by molar-refractivity contribution is 5.92. The van der Waals surface area contributed by atoms with Gasteiger partial charge in [-0.2, -0.15) is 0 Å². The van der Waals surface area contributed by atoms with Crippen LogP contribution in [0.25, 0.3) is 11.4 Å². The van der Waals surface area contributed by atoms with Gasteiger partial charge < -0.3 is 15.1 Å². The lowest BCUT2D eigenvalue weighted by molar-refractivity contribution is 0.0692. The fourth-order valence-electron chi connectivity index (χ4n) is 1.05. The summed E-state index contributed by atoms with van der Waals surface area (Å²) >= 11 is 0. The summed E-state index contributed by atoms with van der Waals surface area (Å²) < 4.78 is 0. The van der Waals surface area contributed by atoms with Gasteiger partial charge >= 0.3 is 5.97 Å². The van der Waals surface area contributed by atoms with Crippen molar-refractivity contribution in [3.63, 3.8) is 0 Å². The molecule has 0 saturated heterocycles. The third-order valence-corrected chi connectivity index (χ3v) is 1.61. The van der Waals surface area contributed by atoms with Crippen LogP contribution in [-0.4, -0.2) is 31.0 Å². The Morgan fingerprint density at radius 1 is 1.38 bits per heavy atom. The largest absolute Gasteiger partial charge is 0.477 e. The maximum absolute atomic E-state index is 10.7. The zero-order valence-corrected chi connectivity index (χ0v) is 6.48. The van der Waals surface area contributed by atoms with E-state index in [9.17, 15) is 4.79 Å². The summed E-state index contributed by atoms with van der Waals surface area (Å²) in [7, 11) is 0. The van der Waals surface area contributed by atoms with Gasteiger partial charge in [0.1, 0.15) is 5.69 Å². The van der Waals surface area contributed by atoms with Crippen molar-refractivity contribution >= 4 is 5.97 Å². The number of carboxylic acid groups (broad SMARTS) is 1. The van der Waals surface area contributed by atoms with Gasteiger partial charge in [0.05, 0.1) is 24.5 Å². The van der Waals surface area contributed by atoms with Crippen LogP contribution in [0.4, 0.5) is 0 Å². The first-order chi connectivity index (χ1) is 6.29. The zero-order chi connectivity index (χ0) is 9.26. The highest BCUT2D eigenvalue weighted by Gasteiger charge is 2.14. The third-order valence-electron chi connectivity index (χ3n) is 1.61. The predicted octanol–water partition coefficient (Wildman–Crippen LogP) is 0.498. The first kappa shape index (κ1) is 7.53. The van der Waals surface area contributed by atoms with Crippen LogP contribution in [0.15, 0.2) is 18.9 Å². The highest BCUT2D eigenvalue weighted by Crippen LogP contribution is 2.16. The molecule has 0 bridgehead atoms. The first-order valence-corrected chi connectivity index (χ1v) is 3.54. The summed E-state index contributed by atoms with van der Waals surface area (Å²) in [6.45, 7) is 0. The van der Waals surface area contributed by atoms with Crippen LogP contribution in [0, 0.1) is 0 Å². The number of rotatable bonds is 2. The molecule has 0 amide bonds. The minimum atomic E-state index is -1.04. The summed E-state index contributed by atoms with van der Waals surface area (Å²) in [5.41, 5.74) is 1.01. The van der Waals surface area contributed by atoms with Crippen LogP contribution >= 0.6 is 0 Å². The number of aromatic carboxylic acids is 1. The molecule has 13 heavy (non-hydrogen) atoms. The van der Waals surface area contributed by atoms with Crippen LogP contribution < -0.4 is 0 Å². The van der Waals surface area contributed by atoms with E-state index in [0.717, 1.165) is 0 Å². The second-order valence-corrected chi connectivity index (χ2v) is 2.40. The number of nitrogens with zero attached hydrogens (tertiary/aromatic N) is 2. The highest BCUT2D eigenvalue weighted by atomic mass is 16.4. The molecule has 2 aromatic heterocycles. The minimum Gasteiger partial charge on any atom is -0.477 e. The molecule has 0 aliphatic carbocycles. The summed E-state index contributed by atoms with van der Waals surface area (Å²) in [4.78, 5) is 23.6. The molecule has 2 aromatic rings. The maximum atomic E-state index is 10.7. The van der Waals surface area contributed by atoms with Crippen LogP contribution in [0.2, 0.25) is 0 Å². The van der Waals surface area contributed by atoms with E-state index in [4.69, 9.17) is 5.11 Å². The summed E-state index contributed by atoms with van der Waals surface area (Å²) in [5.74, 6) is -1.04. The van der Waals surface area contributed by atoms with Gasteiger partial charge in [-0.15, -0.1) is 0 Å². The lowest BCUT2D eigenvalue weighted by Gasteiger charge is -1.92. The van der Waals surface area contributed by atoms with Crippen molar-refractivity contribution in [2.24, 2.45) is 0 Å². The lowest BCUT2D eigenvalue weighted by Crippen LogP contribution is -1.99. The number of carboxylic acids is 1. The van der Waals surface area contributed by atoms with E-state index in [0.29, 0.717) is 11.4 Å². The molecule has 66 valence electrons. The van der Waals surface area contributed by atoms with Crippen molar-refractivity contribution < 1.29 is 9.90 Å². The van der Waals surface area contributed by atoms with Crippen molar-refractivity contribution in [1.29, 1.82) is 0 Å². The molecule has 6 nitrogen and oxygen atoms in total. The Kier molecular flexibility index (Phi) is 1.59. The molecule has 0 fully saturated rings. The van der Waals surface area contributed by atoms with Gasteiger partial charge in [-0.25, -0.2) is 14.8 Å². The third kappa shape index (κ3) is 1.18. The number of aromatic nitrogens is 4. The Bertz CT molecular complexity index is 417. The van der Waals surface area contributed by atoms with Crippen molar-refractivity contribution in [1.82, 2.24) is 19.9 Å². The zero-order valence-electron chi connectivity index (χ0n) is 6.48. The van der Waals surface area contributed by atoms with E-state index in [1.165, 1.54) is 18.9 Å². The van der Waals surface area contributed by atoms with Gasteiger partial charge in [0.2, 0.25) is 0 Å². The molecule has 0 unspecified atom stereocenters. The topological polar surface area (TPSA) is 94.7 Å². The molecular formula is C7H6N4O2. The van der Waals surface area contributed by atoms with Gasteiger partial charge in [-0.3, -0.25) is 0 Å². The van der Waals surface area contributed by atoms with Gasteiger partial charge in [0.15, 0.2) is 5.69 Å². The van der Waals surface area contributed by atoms with Crippen molar-refractivity contribution in [2.45, 2.75) is 0 Å². The number of H-pyrrole nitrogens is 2. The van der Waals surface area contributed by atoms with E-state index in [1.807, 2.05) is 0 Å². The Labute approximate surface area is 72.7 Å². The average molecular weight is 178 g/mol. The van der Waals surface area contributed by atoms with Gasteiger partial charge in [-0.05, 0) is 0 Å². The maximum Gasteiger partial charge on any atom is 0.354 e. The van der Waals surface area contributed by atoms with E-state index >= 15 is 0 Å². The monoisotopic (exact) mass is 178 g/mol. The Balaban J connectivity index is 2.52. The van der Waals surface area contributed by atoms with E-state index < -0.39 is 5.97 Å². The van der Waals surface area contributed by atoms with Gasteiger partial charge in [0.25, 0.3) is 0 Å². The normalized spacial score (nSPS) is 10.2. The second-order valence-electron chi connectivity index (χ2n) is 2.40. The molecule has 0 atom stereocenters.